The number of benzene rings is 2. The van der Waals surface area contributed by atoms with Crippen molar-refractivity contribution >= 4 is 29.1 Å². The predicted octanol–water partition coefficient (Wildman–Crippen LogP) is 2.81. The lowest BCUT2D eigenvalue weighted by atomic mass is 10.1. The van der Waals surface area contributed by atoms with Gasteiger partial charge in [0.1, 0.15) is 5.75 Å². The molecule has 3 rings (SSSR count). The SMILES string of the molecule is COc1cc(NC(=O)CNC(=O)c2ccc(C)c(C)c2)ccc1N1CCCC1=O. The highest BCUT2D eigenvalue weighted by Gasteiger charge is 2.24. The molecule has 29 heavy (non-hydrogen) atoms. The van der Waals surface area contributed by atoms with Crippen LogP contribution in [0.25, 0.3) is 0 Å². The number of nitrogens with zero attached hydrogens (tertiary/aromatic N) is 1. The van der Waals surface area contributed by atoms with Crippen LogP contribution in [0.15, 0.2) is 36.4 Å². The van der Waals surface area contributed by atoms with Crippen molar-refractivity contribution in [2.75, 3.05) is 30.4 Å². The van der Waals surface area contributed by atoms with E-state index in [2.05, 4.69) is 10.6 Å². The molecule has 2 aromatic carbocycles. The first-order valence-corrected chi connectivity index (χ1v) is 9.52. The molecule has 7 heteroatoms. The number of nitrogens with one attached hydrogen (secondary N) is 2. The second-order valence-electron chi connectivity index (χ2n) is 7.07. The fraction of sp³-hybridized carbons (Fsp3) is 0.318. The molecular weight excluding hydrogens is 370 g/mol. The van der Waals surface area contributed by atoms with Gasteiger partial charge >= 0.3 is 0 Å². The number of ether oxygens (including phenoxy) is 1. The summed E-state index contributed by atoms with van der Waals surface area (Å²) >= 11 is 0. The Bertz CT molecular complexity index is 955. The standard InChI is InChI=1S/C22H25N3O4/c1-14-6-7-16(11-15(14)2)22(28)23-13-20(26)24-17-8-9-18(19(12-17)29-3)25-10-4-5-21(25)27/h6-9,11-12H,4-5,10,13H2,1-3H3,(H,23,28)(H,24,26). The minimum absolute atomic E-state index is 0.0640. The Balaban J connectivity index is 1.60. The molecule has 0 bridgehead atoms. The number of methoxy groups -OCH3 is 1. The zero-order chi connectivity index (χ0) is 21.0. The minimum Gasteiger partial charge on any atom is -0.494 e. The maximum Gasteiger partial charge on any atom is 0.251 e. The van der Waals surface area contributed by atoms with Gasteiger partial charge in [0.2, 0.25) is 11.8 Å². The average molecular weight is 395 g/mol. The van der Waals surface area contributed by atoms with Crippen molar-refractivity contribution in [1.29, 1.82) is 0 Å². The molecule has 3 amide bonds. The molecule has 2 N–H and O–H groups in total. The van der Waals surface area contributed by atoms with Gasteiger partial charge in [-0.2, -0.15) is 0 Å². The smallest absolute Gasteiger partial charge is 0.251 e. The first-order valence-electron chi connectivity index (χ1n) is 9.52. The molecule has 2 aromatic rings. The van der Waals surface area contributed by atoms with E-state index in [-0.39, 0.29) is 24.3 Å². The molecule has 0 saturated carbocycles. The molecule has 0 atom stereocenters. The van der Waals surface area contributed by atoms with Crippen molar-refractivity contribution in [1.82, 2.24) is 5.32 Å². The maximum atomic E-state index is 12.2. The number of amides is 3. The van der Waals surface area contributed by atoms with Crippen molar-refractivity contribution < 1.29 is 19.1 Å². The predicted molar refractivity (Wildman–Crippen MR) is 111 cm³/mol. The van der Waals surface area contributed by atoms with E-state index in [1.54, 1.807) is 35.2 Å². The van der Waals surface area contributed by atoms with Gasteiger partial charge in [-0.05, 0) is 55.7 Å². The topological polar surface area (TPSA) is 87.7 Å². The zero-order valence-corrected chi connectivity index (χ0v) is 16.9. The second kappa shape index (κ2) is 8.77. The Morgan fingerprint density at radius 3 is 2.55 bits per heavy atom. The van der Waals surface area contributed by atoms with E-state index in [0.29, 0.717) is 35.7 Å². The first-order chi connectivity index (χ1) is 13.9. The summed E-state index contributed by atoms with van der Waals surface area (Å²) in [5.41, 5.74) is 3.86. The molecule has 152 valence electrons. The quantitative estimate of drug-likeness (QED) is 0.787. The highest BCUT2D eigenvalue weighted by Crippen LogP contribution is 2.33. The summed E-state index contributed by atoms with van der Waals surface area (Å²) in [6, 6.07) is 10.6. The van der Waals surface area contributed by atoms with E-state index in [1.807, 2.05) is 19.9 Å². The Morgan fingerprint density at radius 1 is 1.10 bits per heavy atom. The van der Waals surface area contributed by atoms with Gasteiger partial charge in [-0.15, -0.1) is 0 Å². The third kappa shape index (κ3) is 4.74. The molecule has 0 aromatic heterocycles. The van der Waals surface area contributed by atoms with Crippen LogP contribution < -0.4 is 20.3 Å². The van der Waals surface area contributed by atoms with Gasteiger partial charge in [0.05, 0.1) is 19.3 Å². The molecular formula is C22H25N3O4. The van der Waals surface area contributed by atoms with Gasteiger partial charge in [0.25, 0.3) is 5.91 Å². The van der Waals surface area contributed by atoms with E-state index in [4.69, 9.17) is 4.74 Å². The van der Waals surface area contributed by atoms with Crippen LogP contribution in [0.5, 0.6) is 5.75 Å². The number of hydrogen-bond acceptors (Lipinski definition) is 4. The molecule has 1 aliphatic rings. The molecule has 1 fully saturated rings. The fourth-order valence-corrected chi connectivity index (χ4v) is 3.23. The summed E-state index contributed by atoms with van der Waals surface area (Å²) < 4.78 is 5.39. The second-order valence-corrected chi connectivity index (χ2v) is 7.07. The normalized spacial score (nSPS) is 13.3. The van der Waals surface area contributed by atoms with Crippen LogP contribution in [0.4, 0.5) is 11.4 Å². The number of carbonyl (C=O) groups is 3. The molecule has 0 unspecified atom stereocenters. The highest BCUT2D eigenvalue weighted by molar-refractivity contribution is 6.00. The monoisotopic (exact) mass is 395 g/mol. The summed E-state index contributed by atoms with van der Waals surface area (Å²) in [6.45, 7) is 4.42. The third-order valence-electron chi connectivity index (χ3n) is 5.01. The molecule has 0 radical (unpaired) electrons. The summed E-state index contributed by atoms with van der Waals surface area (Å²) in [4.78, 5) is 38.1. The van der Waals surface area contributed by atoms with Crippen molar-refractivity contribution in [3.63, 3.8) is 0 Å². The number of anilines is 2. The van der Waals surface area contributed by atoms with Crippen LogP contribution >= 0.6 is 0 Å². The van der Waals surface area contributed by atoms with Crippen LogP contribution in [-0.2, 0) is 9.59 Å². The van der Waals surface area contributed by atoms with Gasteiger partial charge in [0.15, 0.2) is 0 Å². The number of hydrogen-bond donors (Lipinski definition) is 2. The van der Waals surface area contributed by atoms with E-state index < -0.39 is 0 Å². The third-order valence-corrected chi connectivity index (χ3v) is 5.01. The number of aryl methyl sites for hydroxylation is 2. The highest BCUT2D eigenvalue weighted by atomic mass is 16.5. The molecule has 0 spiro atoms. The minimum atomic E-state index is -0.353. The van der Waals surface area contributed by atoms with Crippen molar-refractivity contribution in [2.24, 2.45) is 0 Å². The molecule has 1 heterocycles. The molecule has 7 nitrogen and oxygen atoms in total. The van der Waals surface area contributed by atoms with Crippen LogP contribution in [0.3, 0.4) is 0 Å². The largest absolute Gasteiger partial charge is 0.494 e. The first kappa shape index (κ1) is 20.4. The number of carbonyl (C=O) groups excluding carboxylic acids is 3. The fourth-order valence-electron chi connectivity index (χ4n) is 3.23. The van der Waals surface area contributed by atoms with E-state index >= 15 is 0 Å². The van der Waals surface area contributed by atoms with Crippen LogP contribution in [0.1, 0.15) is 34.3 Å². The summed E-state index contributed by atoms with van der Waals surface area (Å²) in [5.74, 6) is -0.0793. The number of rotatable bonds is 6. The van der Waals surface area contributed by atoms with Crippen LogP contribution in [0.2, 0.25) is 0 Å². The average Bonchev–Trinajstić information content (AvgIpc) is 3.13. The molecule has 1 saturated heterocycles. The lowest BCUT2D eigenvalue weighted by Crippen LogP contribution is -2.33. The molecule has 0 aliphatic carbocycles. The maximum absolute atomic E-state index is 12.2. The zero-order valence-electron chi connectivity index (χ0n) is 16.9. The summed E-state index contributed by atoms with van der Waals surface area (Å²) in [5, 5.41) is 5.36. The Kier molecular flexibility index (Phi) is 6.16. The van der Waals surface area contributed by atoms with Crippen molar-refractivity contribution in [2.45, 2.75) is 26.7 Å². The lowest BCUT2D eigenvalue weighted by Gasteiger charge is -2.19. The van der Waals surface area contributed by atoms with Crippen molar-refractivity contribution in [3.8, 4) is 5.75 Å². The Labute approximate surface area is 170 Å². The van der Waals surface area contributed by atoms with Gasteiger partial charge in [-0.3, -0.25) is 14.4 Å². The van der Waals surface area contributed by atoms with E-state index in [0.717, 1.165) is 17.5 Å². The molecule has 1 aliphatic heterocycles. The summed E-state index contributed by atoms with van der Waals surface area (Å²) in [6.07, 6.45) is 1.35. The van der Waals surface area contributed by atoms with Gasteiger partial charge in [-0.25, -0.2) is 0 Å². The van der Waals surface area contributed by atoms with Gasteiger partial charge in [0, 0.05) is 30.3 Å². The van der Waals surface area contributed by atoms with E-state index in [9.17, 15) is 14.4 Å². The van der Waals surface area contributed by atoms with E-state index in [1.165, 1.54) is 7.11 Å². The van der Waals surface area contributed by atoms with Crippen LogP contribution in [0, 0.1) is 13.8 Å². The Hall–Kier alpha value is -3.35. The van der Waals surface area contributed by atoms with Gasteiger partial charge in [-0.1, -0.05) is 6.07 Å². The lowest BCUT2D eigenvalue weighted by molar-refractivity contribution is -0.117. The van der Waals surface area contributed by atoms with Gasteiger partial charge < -0.3 is 20.3 Å². The Morgan fingerprint density at radius 2 is 1.90 bits per heavy atom. The summed E-state index contributed by atoms with van der Waals surface area (Å²) in [7, 11) is 1.52. The van der Waals surface area contributed by atoms with Crippen molar-refractivity contribution in [3.05, 3.63) is 53.1 Å². The van der Waals surface area contributed by atoms with Crippen LogP contribution in [-0.4, -0.2) is 37.9 Å².